The summed E-state index contributed by atoms with van der Waals surface area (Å²) in [6.07, 6.45) is -2.40. The van der Waals surface area contributed by atoms with Crippen LogP contribution in [0, 0.1) is 5.92 Å². The van der Waals surface area contributed by atoms with E-state index < -0.39 is 28.7 Å². The Morgan fingerprint density at radius 1 is 1.19 bits per heavy atom. The number of benzene rings is 1. The predicted octanol–water partition coefficient (Wildman–Crippen LogP) is 3.79. The Morgan fingerprint density at radius 3 is 2.41 bits per heavy atom. The van der Waals surface area contributed by atoms with Gasteiger partial charge in [-0.25, -0.2) is 13.1 Å². The Labute approximate surface area is 189 Å². The molecule has 2 heterocycles. The molecular weight excluding hydrogens is 463 g/mol. The number of nitrogens with one attached hydrogen (secondary N) is 2. The lowest BCUT2D eigenvalue weighted by Gasteiger charge is -2.36. The van der Waals surface area contributed by atoms with Crippen molar-refractivity contribution in [1.82, 2.24) is 14.9 Å². The van der Waals surface area contributed by atoms with E-state index in [1.54, 1.807) is 16.7 Å². The first kappa shape index (κ1) is 24.7. The lowest BCUT2D eigenvalue weighted by Crippen LogP contribution is -2.41. The van der Waals surface area contributed by atoms with Crippen LogP contribution in [-0.4, -0.2) is 51.6 Å². The molecule has 0 spiro atoms. The molecule has 6 nitrogen and oxygen atoms in total. The molecule has 0 radical (unpaired) electrons. The van der Waals surface area contributed by atoms with E-state index in [1.165, 1.54) is 24.3 Å². The fourth-order valence-electron chi connectivity index (χ4n) is 3.57. The molecule has 32 heavy (non-hydrogen) atoms. The number of likely N-dealkylation sites (tertiary alicyclic amines) is 1. The van der Waals surface area contributed by atoms with E-state index in [2.05, 4.69) is 16.5 Å². The molecule has 0 bridgehead atoms. The second-order valence-electron chi connectivity index (χ2n) is 7.92. The van der Waals surface area contributed by atoms with E-state index in [1.807, 2.05) is 17.5 Å². The molecule has 0 saturated carbocycles. The van der Waals surface area contributed by atoms with Crippen LogP contribution in [-0.2, 0) is 10.0 Å². The summed E-state index contributed by atoms with van der Waals surface area (Å²) in [5.41, 5.74) is -0.0490. The van der Waals surface area contributed by atoms with E-state index in [0.29, 0.717) is 5.92 Å². The van der Waals surface area contributed by atoms with Crippen LogP contribution in [0.5, 0.6) is 0 Å². The number of carbonyl (C=O) groups is 1. The number of carbonyl (C=O) groups excluding carboxylic acids is 1. The van der Waals surface area contributed by atoms with Crippen molar-refractivity contribution in [2.75, 3.05) is 26.2 Å². The minimum atomic E-state index is -4.52. The van der Waals surface area contributed by atoms with Gasteiger partial charge in [0, 0.05) is 17.0 Å². The van der Waals surface area contributed by atoms with Crippen molar-refractivity contribution in [3.63, 3.8) is 0 Å². The highest BCUT2D eigenvalue weighted by atomic mass is 32.2. The van der Waals surface area contributed by atoms with Gasteiger partial charge < -0.3 is 5.32 Å². The second kappa shape index (κ2) is 10.3. The first-order chi connectivity index (χ1) is 15.0. The SMILES string of the molecule is CC1CCN(C(CNS(=O)(=O)c2ccc(C(=O)NCC(F)(F)F)cc2)c2cccs2)CC1. The summed E-state index contributed by atoms with van der Waals surface area (Å²) in [5.74, 6) is -0.268. The normalized spacial score (nSPS) is 17.2. The van der Waals surface area contributed by atoms with E-state index in [9.17, 15) is 26.4 Å². The summed E-state index contributed by atoms with van der Waals surface area (Å²) in [7, 11) is -3.86. The minimum Gasteiger partial charge on any atom is -0.343 e. The number of nitrogens with zero attached hydrogens (tertiary/aromatic N) is 1. The number of rotatable bonds is 8. The van der Waals surface area contributed by atoms with Crippen molar-refractivity contribution in [2.45, 2.75) is 36.9 Å². The second-order valence-corrected chi connectivity index (χ2v) is 10.7. The highest BCUT2D eigenvalue weighted by Crippen LogP contribution is 2.29. The first-order valence-corrected chi connectivity index (χ1v) is 12.6. The third-order valence-electron chi connectivity index (χ3n) is 5.47. The standard InChI is InChI=1S/C21H26F3N3O3S2/c1-15-8-10-27(11-9-15)18(19-3-2-12-31-19)13-26-32(29,30)17-6-4-16(5-7-17)20(28)25-14-21(22,23)24/h2-7,12,15,18,26H,8-11,13-14H2,1H3,(H,25,28). The van der Waals surface area contributed by atoms with Gasteiger partial charge in [0.2, 0.25) is 10.0 Å². The molecule has 0 aliphatic carbocycles. The maximum absolute atomic E-state index is 12.8. The molecule has 2 N–H and O–H groups in total. The highest BCUT2D eigenvalue weighted by molar-refractivity contribution is 7.89. The van der Waals surface area contributed by atoms with E-state index >= 15 is 0 Å². The van der Waals surface area contributed by atoms with Gasteiger partial charge in [-0.3, -0.25) is 9.69 Å². The molecule has 1 saturated heterocycles. The third-order valence-corrected chi connectivity index (χ3v) is 7.89. The van der Waals surface area contributed by atoms with Crippen molar-refractivity contribution < 1.29 is 26.4 Å². The zero-order chi connectivity index (χ0) is 23.4. The summed E-state index contributed by atoms with van der Waals surface area (Å²) in [6, 6.07) is 8.68. The maximum atomic E-state index is 12.8. The van der Waals surface area contributed by atoms with Crippen molar-refractivity contribution in [2.24, 2.45) is 5.92 Å². The molecule has 3 rings (SSSR count). The predicted molar refractivity (Wildman–Crippen MR) is 117 cm³/mol. The Morgan fingerprint density at radius 2 is 1.84 bits per heavy atom. The van der Waals surface area contributed by atoms with Crippen LogP contribution in [0.15, 0.2) is 46.7 Å². The smallest absolute Gasteiger partial charge is 0.343 e. The zero-order valence-electron chi connectivity index (χ0n) is 17.6. The topological polar surface area (TPSA) is 78.5 Å². The Hall–Kier alpha value is -1.95. The Balaban J connectivity index is 1.66. The van der Waals surface area contributed by atoms with Crippen LogP contribution in [0.2, 0.25) is 0 Å². The molecule has 1 aliphatic heterocycles. The molecular formula is C21H26F3N3O3S2. The van der Waals surface area contributed by atoms with Crippen LogP contribution >= 0.6 is 11.3 Å². The Bertz CT molecular complexity index is 986. The molecule has 1 atom stereocenters. The number of halogens is 3. The fourth-order valence-corrected chi connectivity index (χ4v) is 5.47. The minimum absolute atomic E-state index is 0.0490. The summed E-state index contributed by atoms with van der Waals surface area (Å²) in [6.45, 7) is 2.76. The van der Waals surface area contributed by atoms with Gasteiger partial charge in [-0.1, -0.05) is 13.0 Å². The van der Waals surface area contributed by atoms with Gasteiger partial charge in [0.05, 0.1) is 10.9 Å². The van der Waals surface area contributed by atoms with Crippen molar-refractivity contribution in [3.05, 3.63) is 52.2 Å². The molecule has 1 unspecified atom stereocenters. The lowest BCUT2D eigenvalue weighted by molar-refractivity contribution is -0.123. The van der Waals surface area contributed by atoms with Gasteiger partial charge in [-0.2, -0.15) is 13.2 Å². The van der Waals surface area contributed by atoms with Crippen LogP contribution in [0.4, 0.5) is 13.2 Å². The highest BCUT2D eigenvalue weighted by Gasteiger charge is 2.29. The summed E-state index contributed by atoms with van der Waals surface area (Å²) in [5, 5.41) is 3.72. The largest absolute Gasteiger partial charge is 0.405 e. The molecule has 1 aromatic carbocycles. The monoisotopic (exact) mass is 489 g/mol. The molecule has 1 fully saturated rings. The lowest BCUT2D eigenvalue weighted by atomic mass is 9.97. The van der Waals surface area contributed by atoms with Gasteiger partial charge in [0.25, 0.3) is 5.91 Å². The Kier molecular flexibility index (Phi) is 7.97. The van der Waals surface area contributed by atoms with Crippen molar-refractivity contribution in [1.29, 1.82) is 0 Å². The van der Waals surface area contributed by atoms with Gasteiger partial charge in [-0.05, 0) is 67.6 Å². The number of hydrogen-bond donors (Lipinski definition) is 2. The molecule has 176 valence electrons. The van der Waals surface area contributed by atoms with Gasteiger partial charge in [0.1, 0.15) is 6.54 Å². The average Bonchev–Trinajstić information content (AvgIpc) is 3.27. The summed E-state index contributed by atoms with van der Waals surface area (Å²) < 4.78 is 65.0. The number of hydrogen-bond acceptors (Lipinski definition) is 5. The van der Waals surface area contributed by atoms with Gasteiger partial charge in [-0.15, -0.1) is 11.3 Å². The first-order valence-electron chi connectivity index (χ1n) is 10.3. The van der Waals surface area contributed by atoms with Crippen LogP contribution in [0.3, 0.4) is 0 Å². The molecule has 1 amide bonds. The van der Waals surface area contributed by atoms with E-state index in [-0.39, 0.29) is 23.0 Å². The third kappa shape index (κ3) is 6.77. The number of thiophene rings is 1. The number of sulfonamides is 1. The number of alkyl halides is 3. The molecule has 2 aromatic rings. The molecule has 1 aromatic heterocycles. The average molecular weight is 490 g/mol. The van der Waals surface area contributed by atoms with E-state index in [4.69, 9.17) is 0 Å². The summed E-state index contributed by atoms with van der Waals surface area (Å²) in [4.78, 5) is 15.1. The van der Waals surface area contributed by atoms with Crippen LogP contribution in [0.25, 0.3) is 0 Å². The van der Waals surface area contributed by atoms with Gasteiger partial charge in [0.15, 0.2) is 0 Å². The quantitative estimate of drug-likeness (QED) is 0.592. The maximum Gasteiger partial charge on any atom is 0.405 e. The van der Waals surface area contributed by atoms with Crippen LogP contribution < -0.4 is 10.0 Å². The summed E-state index contributed by atoms with van der Waals surface area (Å²) >= 11 is 1.58. The van der Waals surface area contributed by atoms with E-state index in [0.717, 1.165) is 30.8 Å². The zero-order valence-corrected chi connectivity index (χ0v) is 19.2. The van der Waals surface area contributed by atoms with Crippen molar-refractivity contribution in [3.8, 4) is 0 Å². The van der Waals surface area contributed by atoms with Crippen molar-refractivity contribution >= 4 is 27.3 Å². The number of amides is 1. The molecule has 1 aliphatic rings. The van der Waals surface area contributed by atoms with Crippen LogP contribution in [0.1, 0.15) is 41.0 Å². The number of piperidine rings is 1. The van der Waals surface area contributed by atoms with Gasteiger partial charge >= 0.3 is 6.18 Å². The molecule has 11 heteroatoms. The fraction of sp³-hybridized carbons (Fsp3) is 0.476.